The van der Waals surface area contributed by atoms with Crippen molar-refractivity contribution >= 4 is 47.4 Å². The van der Waals surface area contributed by atoms with Crippen LogP contribution in [-0.2, 0) is 86.9 Å². The summed E-state index contributed by atoms with van der Waals surface area (Å²) in [5.74, 6) is -1.49. The Morgan fingerprint density at radius 1 is 0.336 bits per heavy atom. The summed E-state index contributed by atoms with van der Waals surface area (Å²) in [6.45, 7) is 12.2. The lowest BCUT2D eigenvalue weighted by Gasteiger charge is -2.30. The molecular weight excluding hydrogens is 1710 g/mol. The number of methoxy groups -OCH3 is 2. The average Bonchev–Trinajstić information content (AvgIpc) is 1.59. The summed E-state index contributed by atoms with van der Waals surface area (Å²) in [4.78, 5) is 107. The molecule has 4 aromatic heterocycles. The summed E-state index contributed by atoms with van der Waals surface area (Å²) in [5, 5.41) is 67.2. The average molecular weight is 1820 g/mol. The molecule has 0 aliphatic heterocycles. The Morgan fingerprint density at radius 2 is 0.597 bits per heavy atom. The molecule has 0 aliphatic carbocycles. The number of aliphatic carboxylic acids is 1. The van der Waals surface area contributed by atoms with E-state index in [4.69, 9.17) is 9.47 Å². The molecule has 0 bridgehead atoms. The summed E-state index contributed by atoms with van der Waals surface area (Å²) in [6.07, 6.45) is 8.18. The highest BCUT2D eigenvalue weighted by Gasteiger charge is 2.34. The number of halogens is 2. The highest BCUT2D eigenvalue weighted by molar-refractivity contribution is 5.94. The van der Waals surface area contributed by atoms with Crippen LogP contribution in [0.25, 0.3) is 90.1 Å². The van der Waals surface area contributed by atoms with Crippen molar-refractivity contribution in [3.63, 3.8) is 0 Å². The molecule has 0 aliphatic rings. The largest absolute Gasteiger partial charge is 0.480 e. The maximum atomic E-state index is 13.5. The van der Waals surface area contributed by atoms with Crippen molar-refractivity contribution in [1.82, 2.24) is 102 Å². The fourth-order valence-electron chi connectivity index (χ4n) is 15.0. The lowest BCUT2D eigenvalue weighted by molar-refractivity contribution is -0.153. The predicted octanol–water partition coefficient (Wildman–Crippen LogP) is 17.1. The fraction of sp³-hybridized carbons (Fsp3) is 0.287. The van der Waals surface area contributed by atoms with Gasteiger partial charge in [0.2, 0.25) is 52.8 Å². The van der Waals surface area contributed by atoms with E-state index in [-0.39, 0.29) is 74.2 Å². The number of ether oxygens (including phenoxy) is 2. The fourth-order valence-corrected chi connectivity index (χ4v) is 15.0. The Bertz CT molecular complexity index is 6080. The van der Waals surface area contributed by atoms with Crippen molar-refractivity contribution in [2.75, 3.05) is 14.2 Å². The van der Waals surface area contributed by atoms with Gasteiger partial charge in [-0.15, -0.1) is 40.8 Å². The Kier molecular flexibility index (Phi) is 37.2. The van der Waals surface area contributed by atoms with Crippen LogP contribution in [0.2, 0.25) is 0 Å². The molecule has 33 heteroatoms. The van der Waals surface area contributed by atoms with Gasteiger partial charge in [-0.05, 0) is 156 Å². The molecule has 10 aromatic carbocycles. The van der Waals surface area contributed by atoms with E-state index in [2.05, 4.69) is 82.5 Å². The second-order valence-electron chi connectivity index (χ2n) is 31.6. The van der Waals surface area contributed by atoms with Crippen molar-refractivity contribution < 1.29 is 61.7 Å². The lowest BCUT2D eigenvalue weighted by atomic mass is 9.97. The number of tetrazole rings is 4. The number of unbranched alkanes of at least 4 members (excludes halogenated alkanes) is 4. The number of hydrogen-bond acceptors (Lipinski definition) is 22. The molecule has 5 N–H and O–H groups in total. The summed E-state index contributed by atoms with van der Waals surface area (Å²) < 4.78 is 36.8. The Balaban J connectivity index is 0.000000173. The number of H-pyrrole nitrogens is 4. The second-order valence-corrected chi connectivity index (χ2v) is 31.6. The molecule has 14 aromatic rings. The topological polar surface area (TPSA) is 406 Å². The molecular formula is C101H108F2N20O11. The first kappa shape index (κ1) is 98.9. The summed E-state index contributed by atoms with van der Waals surface area (Å²) in [7, 11) is 2.65. The van der Waals surface area contributed by atoms with Crippen LogP contribution >= 0.6 is 0 Å². The monoisotopic (exact) mass is 1810 g/mol. The van der Waals surface area contributed by atoms with Crippen molar-refractivity contribution in [2.45, 2.75) is 176 Å². The first-order chi connectivity index (χ1) is 65.1. The number of benzene rings is 10. The van der Waals surface area contributed by atoms with Gasteiger partial charge in [-0.3, -0.25) is 28.9 Å². The van der Waals surface area contributed by atoms with Crippen LogP contribution in [0.1, 0.15) is 152 Å². The first-order valence-electron chi connectivity index (χ1n) is 44.4. The van der Waals surface area contributed by atoms with E-state index < -0.39 is 41.9 Å². The molecule has 2 unspecified atom stereocenters. The Labute approximate surface area is 774 Å². The maximum absolute atomic E-state index is 13.5. The number of amides is 5. The lowest BCUT2D eigenvalue weighted by Crippen LogP contribution is -2.46. The summed E-state index contributed by atoms with van der Waals surface area (Å²) in [6, 6.07) is 71.4. The number of nitrogens with zero attached hydrogens (tertiary/aromatic N) is 16. The number of esters is 2. The molecule has 692 valence electrons. The smallest absolute Gasteiger partial charge is 0.328 e. The van der Waals surface area contributed by atoms with Crippen molar-refractivity contribution in [3.8, 4) is 90.1 Å². The van der Waals surface area contributed by atoms with Gasteiger partial charge in [0.05, 0.1) is 20.8 Å². The third-order valence-electron chi connectivity index (χ3n) is 22.3. The van der Waals surface area contributed by atoms with Gasteiger partial charge in [0.15, 0.2) is 0 Å². The van der Waals surface area contributed by atoms with Crippen molar-refractivity contribution in [3.05, 3.63) is 288 Å². The minimum Gasteiger partial charge on any atom is -0.480 e. The molecule has 0 radical (unpaired) electrons. The molecule has 31 nitrogen and oxygen atoms in total. The number of carboxylic acid groups (broad SMARTS) is 1. The molecule has 134 heavy (non-hydrogen) atoms. The molecule has 0 saturated carbocycles. The second kappa shape index (κ2) is 50.5. The summed E-state index contributed by atoms with van der Waals surface area (Å²) in [5.41, 5.74) is 16.0. The quantitative estimate of drug-likeness (QED) is 0.0224. The van der Waals surface area contributed by atoms with E-state index in [9.17, 15) is 52.2 Å². The minimum atomic E-state index is -1.10. The van der Waals surface area contributed by atoms with Gasteiger partial charge in [-0.1, -0.05) is 272 Å². The molecule has 0 fully saturated rings. The van der Waals surface area contributed by atoms with Gasteiger partial charge in [0.1, 0.15) is 29.8 Å². The van der Waals surface area contributed by atoms with Crippen LogP contribution in [0.3, 0.4) is 0 Å². The molecule has 0 saturated heterocycles. The van der Waals surface area contributed by atoms with Gasteiger partial charge >= 0.3 is 17.9 Å². The van der Waals surface area contributed by atoms with E-state index in [1.807, 2.05) is 222 Å². The zero-order valence-corrected chi connectivity index (χ0v) is 76.0. The number of rotatable bonds is 38. The van der Waals surface area contributed by atoms with Crippen LogP contribution in [0.4, 0.5) is 8.78 Å². The number of carboxylic acids is 1. The number of hydrogen-bond donors (Lipinski definition) is 5. The van der Waals surface area contributed by atoms with Crippen LogP contribution < -0.4 is 0 Å². The number of imide groups is 1. The van der Waals surface area contributed by atoms with Gasteiger partial charge in [0.25, 0.3) is 0 Å². The first-order valence-corrected chi connectivity index (χ1v) is 44.4. The van der Waals surface area contributed by atoms with Crippen molar-refractivity contribution in [2.24, 2.45) is 0 Å². The van der Waals surface area contributed by atoms with Crippen molar-refractivity contribution in [1.29, 1.82) is 0 Å². The van der Waals surface area contributed by atoms with E-state index in [1.54, 1.807) is 41.0 Å². The third kappa shape index (κ3) is 27.7. The summed E-state index contributed by atoms with van der Waals surface area (Å²) >= 11 is 0. The number of aromatic amines is 4. The van der Waals surface area contributed by atoms with Crippen LogP contribution in [0.5, 0.6) is 0 Å². The normalized spacial score (nSPS) is 11.5. The standard InChI is InChI=1S/C29H30FN5O3.C28H28FN5O3.C23H27N5O3.C21H23N5O2/c1-3-4-9-27(36)35(26(29(37)38-2)18-20-12-16-23(30)17-13-20)19-21-10-14-22(15-11-21)24-7-5-6-8-25(24)28-31-33-34-32-28;1-2-3-8-26(35)34(25(28(36)37)17-19-11-15-22(29)16-12-19)18-20-9-13-21(14-10-20)23-6-4-5-7-24(23)27-30-32-33-31-27;1-4-5-10-21(29)28(16(2)23(30)31-3)15-17-11-13-18(14-12-17)19-8-6-7-9-20(19)22-24-26-27-25-22;1-3-4-9-20(28)26(15(2)27)14-16-10-12-17(13-11-16)18-7-5-6-8-19(18)21-22-24-25-23-21/h5-8,10-17,26H,3-4,9,18-19H2,1-2H3,(H,31,32,33,34);4-7,9-16,25H,2-3,8,17-18H2,1H3,(H,36,37)(H,30,31,32,33);6-9,11-14,16H,4-5,10,15H2,1-3H3,(H,24,25,26,27);5-8,10-13H,3-4,9,14H2,1-2H3,(H,22,23,24,25)/t;;16-;/m..0./s1. The van der Waals surface area contributed by atoms with Crippen LogP contribution in [-0.4, -0.2) is 187 Å². The Morgan fingerprint density at radius 3 is 0.873 bits per heavy atom. The number of aromatic nitrogens is 16. The number of nitrogens with one attached hydrogen (secondary N) is 4. The maximum Gasteiger partial charge on any atom is 0.328 e. The van der Waals surface area contributed by atoms with E-state index >= 15 is 0 Å². The van der Waals surface area contributed by atoms with Crippen LogP contribution in [0, 0.1) is 11.6 Å². The molecule has 14 rings (SSSR count). The number of carbonyl (C=O) groups is 8. The van der Waals surface area contributed by atoms with E-state index in [1.165, 1.54) is 55.2 Å². The van der Waals surface area contributed by atoms with Gasteiger partial charge < -0.3 is 29.3 Å². The van der Waals surface area contributed by atoms with E-state index in [0.717, 1.165) is 133 Å². The molecule has 4 heterocycles. The SMILES string of the molecule is CCCCC(=O)N(Cc1ccc(-c2ccccc2-c2nn[nH]n2)cc1)C(C)=O.CCCCC(=O)N(Cc1ccc(-c2ccccc2-c2nn[nH]n2)cc1)C(Cc1ccc(F)cc1)C(=O)O.CCCCC(=O)N(Cc1ccc(-c2ccccc2-c2nn[nH]n2)cc1)C(Cc1ccc(F)cc1)C(=O)OC.CCCCC(=O)N(Cc1ccc(-c2ccccc2-c2nn[nH]n2)cc1)[C@@H](C)C(=O)OC. The molecule has 3 atom stereocenters. The van der Waals surface area contributed by atoms with Crippen LogP contribution in [0.15, 0.2) is 243 Å². The minimum absolute atomic E-state index is 0.0497. The highest BCUT2D eigenvalue weighted by atomic mass is 19.1. The van der Waals surface area contributed by atoms with E-state index in [0.29, 0.717) is 67.5 Å². The van der Waals surface area contributed by atoms with Gasteiger partial charge in [-0.25, -0.2) is 23.2 Å². The zero-order valence-electron chi connectivity index (χ0n) is 76.0. The zero-order chi connectivity index (χ0) is 95.3. The van der Waals surface area contributed by atoms with Gasteiger partial charge in [-0.2, -0.15) is 20.9 Å². The number of carbonyl (C=O) groups excluding carboxylic acids is 7. The van der Waals surface area contributed by atoms with Gasteiger partial charge in [0, 0.05) is 87.3 Å². The molecule has 0 spiro atoms. The predicted molar refractivity (Wildman–Crippen MR) is 500 cm³/mol. The third-order valence-corrected chi connectivity index (χ3v) is 22.3. The molecule has 5 amide bonds. The highest BCUT2D eigenvalue weighted by Crippen LogP contribution is 2.36. The Hall–Kier alpha value is -15.7.